The molecule has 0 saturated heterocycles. The van der Waals surface area contributed by atoms with E-state index in [2.05, 4.69) is 17.1 Å². The summed E-state index contributed by atoms with van der Waals surface area (Å²) < 4.78 is 1.73. The quantitative estimate of drug-likeness (QED) is 0.708. The zero-order valence-electron chi connectivity index (χ0n) is 12.1. The van der Waals surface area contributed by atoms with Crippen molar-refractivity contribution in [2.24, 2.45) is 0 Å². The smallest absolute Gasteiger partial charge is 0.277 e. The van der Waals surface area contributed by atoms with Crippen LogP contribution in [-0.2, 0) is 6.54 Å². The van der Waals surface area contributed by atoms with Crippen molar-refractivity contribution < 1.29 is 0 Å². The lowest BCUT2D eigenvalue weighted by molar-refractivity contribution is 0.584. The Morgan fingerprint density at radius 3 is 2.67 bits per heavy atom. The molecule has 0 radical (unpaired) electrons. The van der Waals surface area contributed by atoms with Crippen molar-refractivity contribution in [3.05, 3.63) is 45.0 Å². The van der Waals surface area contributed by atoms with Crippen LogP contribution in [0.25, 0.3) is 21.8 Å². The molecule has 5 heteroatoms. The number of hydrogen-bond donors (Lipinski definition) is 2. The molecular formula is C16H19N3O2. The molecule has 2 N–H and O–H groups in total. The number of benzene rings is 1. The molecule has 0 aliphatic rings. The standard InChI is InChI=1S/C16H19N3O2/c1-2-3-4-7-10-19-12-9-6-5-8-11(12)14-13(16(19)21)15(20)18-17-14/h5-6,8-9H,2-4,7,10H2,1H3,(H2,17,18,20). The SMILES string of the molecule is CCCCCCn1c(=O)c2c(=O)[nH][nH]c2c2ccccc21. The summed E-state index contributed by atoms with van der Waals surface area (Å²) in [5.74, 6) is 0. The van der Waals surface area contributed by atoms with Crippen molar-refractivity contribution in [2.45, 2.75) is 39.2 Å². The summed E-state index contributed by atoms with van der Waals surface area (Å²) in [6.45, 7) is 2.81. The zero-order valence-corrected chi connectivity index (χ0v) is 12.1. The topological polar surface area (TPSA) is 70.7 Å². The minimum Gasteiger partial charge on any atom is -0.307 e. The molecule has 21 heavy (non-hydrogen) atoms. The average molecular weight is 285 g/mol. The van der Waals surface area contributed by atoms with Gasteiger partial charge in [-0.3, -0.25) is 19.8 Å². The number of aromatic amines is 2. The summed E-state index contributed by atoms with van der Waals surface area (Å²) in [5, 5.41) is 6.47. The maximum absolute atomic E-state index is 12.6. The summed E-state index contributed by atoms with van der Waals surface area (Å²) in [6.07, 6.45) is 4.37. The molecule has 0 unspecified atom stereocenters. The van der Waals surface area contributed by atoms with Crippen LogP contribution in [0, 0.1) is 0 Å². The fourth-order valence-corrected chi connectivity index (χ4v) is 2.85. The Balaban J connectivity index is 2.20. The predicted molar refractivity (Wildman–Crippen MR) is 84.8 cm³/mol. The highest BCUT2D eigenvalue weighted by Gasteiger charge is 2.14. The Hall–Kier alpha value is -2.30. The summed E-state index contributed by atoms with van der Waals surface area (Å²) in [5.41, 5.74) is 0.929. The van der Waals surface area contributed by atoms with E-state index in [1.54, 1.807) is 4.57 Å². The highest BCUT2D eigenvalue weighted by Crippen LogP contribution is 2.19. The third-order valence-electron chi connectivity index (χ3n) is 3.94. The lowest BCUT2D eigenvalue weighted by Gasteiger charge is -2.10. The van der Waals surface area contributed by atoms with Gasteiger partial charge in [0.15, 0.2) is 0 Å². The number of H-pyrrole nitrogens is 2. The van der Waals surface area contributed by atoms with Gasteiger partial charge in [-0.1, -0.05) is 44.4 Å². The summed E-state index contributed by atoms with van der Waals surface area (Å²) in [4.78, 5) is 24.5. The van der Waals surface area contributed by atoms with E-state index in [1.807, 2.05) is 24.3 Å². The normalized spacial score (nSPS) is 11.5. The van der Waals surface area contributed by atoms with E-state index in [9.17, 15) is 9.59 Å². The Bertz CT molecular complexity index is 886. The molecule has 0 amide bonds. The van der Waals surface area contributed by atoms with Gasteiger partial charge in [0, 0.05) is 11.9 Å². The maximum Gasteiger partial charge on any atom is 0.277 e. The summed E-state index contributed by atoms with van der Waals surface area (Å²) >= 11 is 0. The fraction of sp³-hybridized carbons (Fsp3) is 0.375. The van der Waals surface area contributed by atoms with E-state index in [1.165, 1.54) is 6.42 Å². The number of unbranched alkanes of at least 4 members (excludes halogenated alkanes) is 3. The van der Waals surface area contributed by atoms with Gasteiger partial charge in [0.25, 0.3) is 11.1 Å². The van der Waals surface area contributed by atoms with Crippen molar-refractivity contribution in [3.8, 4) is 0 Å². The van der Waals surface area contributed by atoms with E-state index in [4.69, 9.17) is 0 Å². The Morgan fingerprint density at radius 1 is 1.05 bits per heavy atom. The van der Waals surface area contributed by atoms with E-state index in [-0.39, 0.29) is 16.5 Å². The molecular weight excluding hydrogens is 266 g/mol. The van der Waals surface area contributed by atoms with Crippen LogP contribution >= 0.6 is 0 Å². The zero-order chi connectivity index (χ0) is 14.8. The van der Waals surface area contributed by atoms with E-state index in [0.717, 1.165) is 30.2 Å². The number of fused-ring (bicyclic) bond motifs is 3. The van der Waals surface area contributed by atoms with Crippen LogP contribution in [0.5, 0.6) is 0 Å². The molecule has 5 nitrogen and oxygen atoms in total. The second kappa shape index (κ2) is 5.60. The fourth-order valence-electron chi connectivity index (χ4n) is 2.85. The molecule has 3 rings (SSSR count). The molecule has 0 fully saturated rings. The van der Waals surface area contributed by atoms with Gasteiger partial charge in [-0.2, -0.15) is 0 Å². The van der Waals surface area contributed by atoms with Gasteiger partial charge < -0.3 is 4.57 Å². The van der Waals surface area contributed by atoms with E-state index >= 15 is 0 Å². The second-order valence-electron chi connectivity index (χ2n) is 5.36. The number of para-hydroxylation sites is 1. The lowest BCUT2D eigenvalue weighted by Crippen LogP contribution is -2.24. The molecule has 0 aliphatic heterocycles. The van der Waals surface area contributed by atoms with E-state index < -0.39 is 0 Å². The monoisotopic (exact) mass is 285 g/mol. The number of aryl methyl sites for hydroxylation is 1. The van der Waals surface area contributed by atoms with Crippen LogP contribution in [-0.4, -0.2) is 14.8 Å². The van der Waals surface area contributed by atoms with Crippen molar-refractivity contribution in [1.29, 1.82) is 0 Å². The minimum atomic E-state index is -0.344. The number of rotatable bonds is 5. The van der Waals surface area contributed by atoms with Crippen LogP contribution in [0.15, 0.2) is 33.9 Å². The first-order valence-electron chi connectivity index (χ1n) is 7.46. The maximum atomic E-state index is 12.6. The molecule has 110 valence electrons. The first-order valence-corrected chi connectivity index (χ1v) is 7.46. The van der Waals surface area contributed by atoms with Gasteiger partial charge >= 0.3 is 0 Å². The highest BCUT2D eigenvalue weighted by molar-refractivity contribution is 6.02. The average Bonchev–Trinajstić information content (AvgIpc) is 2.89. The van der Waals surface area contributed by atoms with Crippen LogP contribution < -0.4 is 11.1 Å². The van der Waals surface area contributed by atoms with Gasteiger partial charge in [0.05, 0.1) is 11.0 Å². The molecule has 0 bridgehead atoms. The van der Waals surface area contributed by atoms with Gasteiger partial charge in [0.1, 0.15) is 5.39 Å². The molecule has 2 aromatic heterocycles. The number of nitrogens with one attached hydrogen (secondary N) is 2. The number of aromatic nitrogens is 3. The Labute approximate surface area is 121 Å². The highest BCUT2D eigenvalue weighted by atomic mass is 16.1. The molecule has 0 saturated carbocycles. The minimum absolute atomic E-state index is 0.206. The van der Waals surface area contributed by atoms with Crippen LogP contribution in [0.3, 0.4) is 0 Å². The molecule has 0 spiro atoms. The third kappa shape index (κ3) is 2.28. The van der Waals surface area contributed by atoms with Crippen LogP contribution in [0.4, 0.5) is 0 Å². The van der Waals surface area contributed by atoms with Crippen molar-refractivity contribution in [1.82, 2.24) is 14.8 Å². The first kappa shape index (κ1) is 13.7. The van der Waals surface area contributed by atoms with Gasteiger partial charge in [-0.15, -0.1) is 0 Å². The number of pyridine rings is 1. The largest absolute Gasteiger partial charge is 0.307 e. The van der Waals surface area contributed by atoms with Crippen molar-refractivity contribution in [3.63, 3.8) is 0 Å². The van der Waals surface area contributed by atoms with Crippen LogP contribution in [0.1, 0.15) is 32.6 Å². The molecule has 2 heterocycles. The Kier molecular flexibility index (Phi) is 3.64. The second-order valence-corrected chi connectivity index (χ2v) is 5.36. The number of nitrogens with zero attached hydrogens (tertiary/aromatic N) is 1. The number of hydrogen-bond acceptors (Lipinski definition) is 2. The predicted octanol–water partition coefficient (Wildman–Crippen LogP) is 2.75. The molecule has 1 aromatic carbocycles. The van der Waals surface area contributed by atoms with E-state index in [0.29, 0.717) is 12.1 Å². The Morgan fingerprint density at radius 2 is 1.86 bits per heavy atom. The van der Waals surface area contributed by atoms with Gasteiger partial charge in [0.2, 0.25) is 0 Å². The summed E-state index contributed by atoms with van der Waals surface area (Å²) in [6, 6.07) is 7.70. The van der Waals surface area contributed by atoms with Crippen molar-refractivity contribution >= 4 is 21.8 Å². The molecule has 0 atom stereocenters. The molecule has 3 aromatic rings. The van der Waals surface area contributed by atoms with Crippen LogP contribution in [0.2, 0.25) is 0 Å². The molecule has 0 aliphatic carbocycles. The van der Waals surface area contributed by atoms with Gasteiger partial charge in [-0.05, 0) is 12.5 Å². The van der Waals surface area contributed by atoms with Gasteiger partial charge in [-0.25, -0.2) is 0 Å². The lowest BCUT2D eigenvalue weighted by atomic mass is 10.1. The first-order chi connectivity index (χ1) is 10.2. The van der Waals surface area contributed by atoms with Crippen molar-refractivity contribution in [2.75, 3.05) is 0 Å². The summed E-state index contributed by atoms with van der Waals surface area (Å²) in [7, 11) is 0. The third-order valence-corrected chi connectivity index (χ3v) is 3.94.